The van der Waals surface area contributed by atoms with E-state index in [1.54, 1.807) is 18.2 Å². The Bertz CT molecular complexity index is 1020. The number of para-hydroxylation sites is 1. The second-order valence-corrected chi connectivity index (χ2v) is 6.68. The highest BCUT2D eigenvalue weighted by molar-refractivity contribution is 5.79. The third-order valence-electron chi connectivity index (χ3n) is 5.03. The van der Waals surface area contributed by atoms with Gasteiger partial charge in [-0.25, -0.2) is 4.98 Å². The summed E-state index contributed by atoms with van der Waals surface area (Å²) >= 11 is 0. The molecule has 1 fully saturated rings. The zero-order valence-corrected chi connectivity index (χ0v) is 14.8. The summed E-state index contributed by atoms with van der Waals surface area (Å²) in [6.07, 6.45) is 3.24. The monoisotopic (exact) mass is 352 g/mol. The molecule has 0 aliphatic carbocycles. The molecule has 1 amide bonds. The van der Waals surface area contributed by atoms with Crippen LogP contribution in [0.2, 0.25) is 0 Å². The Morgan fingerprint density at radius 2 is 2.12 bits per heavy atom. The maximum absolute atomic E-state index is 12.9. The van der Waals surface area contributed by atoms with Crippen molar-refractivity contribution in [3.05, 3.63) is 58.0 Å². The van der Waals surface area contributed by atoms with Crippen LogP contribution in [0.15, 0.2) is 39.9 Å². The molecule has 134 valence electrons. The van der Waals surface area contributed by atoms with E-state index in [9.17, 15) is 9.59 Å². The van der Waals surface area contributed by atoms with Crippen molar-refractivity contribution in [1.82, 2.24) is 19.6 Å². The summed E-state index contributed by atoms with van der Waals surface area (Å²) in [5, 5.41) is 4.53. The quantitative estimate of drug-likeness (QED) is 0.723. The lowest BCUT2D eigenvalue weighted by atomic mass is 10.0. The fraction of sp³-hybridized carbons (Fsp3) is 0.368. The van der Waals surface area contributed by atoms with E-state index >= 15 is 0 Å². The van der Waals surface area contributed by atoms with Gasteiger partial charge >= 0.3 is 0 Å². The highest BCUT2D eigenvalue weighted by Gasteiger charge is 2.33. The molecule has 0 spiro atoms. The van der Waals surface area contributed by atoms with Crippen LogP contribution in [0.1, 0.15) is 35.9 Å². The summed E-state index contributed by atoms with van der Waals surface area (Å²) in [5.41, 5.74) is 2.24. The van der Waals surface area contributed by atoms with Gasteiger partial charge in [-0.1, -0.05) is 17.3 Å². The predicted octanol–water partition coefficient (Wildman–Crippen LogP) is 2.37. The van der Waals surface area contributed by atoms with Crippen molar-refractivity contribution >= 4 is 16.8 Å². The summed E-state index contributed by atoms with van der Waals surface area (Å²) in [5.74, 6) is 0.656. The number of rotatable bonds is 3. The van der Waals surface area contributed by atoms with Crippen molar-refractivity contribution in [1.29, 1.82) is 0 Å². The van der Waals surface area contributed by atoms with Gasteiger partial charge in [-0.3, -0.25) is 14.2 Å². The van der Waals surface area contributed by atoms with Gasteiger partial charge in [0.2, 0.25) is 5.91 Å². The summed E-state index contributed by atoms with van der Waals surface area (Å²) in [6.45, 7) is 4.42. The van der Waals surface area contributed by atoms with Crippen LogP contribution in [0.4, 0.5) is 0 Å². The van der Waals surface area contributed by atoms with Gasteiger partial charge in [0.25, 0.3) is 5.56 Å². The summed E-state index contributed by atoms with van der Waals surface area (Å²) in [7, 11) is 0. The smallest absolute Gasteiger partial charge is 0.261 e. The molecule has 0 N–H and O–H groups in total. The van der Waals surface area contributed by atoms with Crippen molar-refractivity contribution < 1.29 is 9.32 Å². The Morgan fingerprint density at radius 3 is 2.88 bits per heavy atom. The Morgan fingerprint density at radius 1 is 1.31 bits per heavy atom. The number of hydrogen-bond donors (Lipinski definition) is 0. The van der Waals surface area contributed by atoms with Crippen LogP contribution in [-0.4, -0.2) is 32.1 Å². The standard InChI is InChI=1S/C19H20N4O3/c1-12-18(13(2)26-21-12)16-8-5-9-23(16)17(24)10-22-11-20-15-7-4-3-6-14(15)19(22)25/h3-4,6-7,11,16H,5,8-10H2,1-2H3. The van der Waals surface area contributed by atoms with Gasteiger partial charge in [0, 0.05) is 12.1 Å². The average Bonchev–Trinajstić information content (AvgIpc) is 3.24. The molecule has 2 aromatic heterocycles. The Hall–Kier alpha value is -2.96. The lowest BCUT2D eigenvalue weighted by Gasteiger charge is -2.25. The Labute approximate surface area is 150 Å². The van der Waals surface area contributed by atoms with E-state index in [2.05, 4.69) is 10.1 Å². The number of carbonyl (C=O) groups is 1. The first-order valence-corrected chi connectivity index (χ1v) is 8.72. The van der Waals surface area contributed by atoms with Crippen molar-refractivity contribution in [2.24, 2.45) is 0 Å². The second-order valence-electron chi connectivity index (χ2n) is 6.68. The average molecular weight is 352 g/mol. The molecule has 7 heteroatoms. The molecule has 3 aromatic rings. The number of benzene rings is 1. The topological polar surface area (TPSA) is 81.2 Å². The van der Waals surface area contributed by atoms with E-state index in [1.165, 1.54) is 10.9 Å². The van der Waals surface area contributed by atoms with Crippen LogP contribution in [0.5, 0.6) is 0 Å². The molecule has 26 heavy (non-hydrogen) atoms. The molecule has 1 aliphatic heterocycles. The van der Waals surface area contributed by atoms with Gasteiger partial charge in [-0.2, -0.15) is 0 Å². The lowest BCUT2D eigenvalue weighted by molar-refractivity contribution is -0.132. The highest BCUT2D eigenvalue weighted by atomic mass is 16.5. The molecule has 0 bridgehead atoms. The number of carbonyl (C=O) groups excluding carboxylic acids is 1. The molecule has 0 saturated carbocycles. The number of likely N-dealkylation sites (tertiary alicyclic amines) is 1. The van der Waals surface area contributed by atoms with E-state index in [4.69, 9.17) is 4.52 Å². The number of hydrogen-bond acceptors (Lipinski definition) is 5. The molecule has 3 heterocycles. The van der Waals surface area contributed by atoms with E-state index in [0.717, 1.165) is 29.9 Å². The summed E-state index contributed by atoms with van der Waals surface area (Å²) in [6, 6.07) is 7.11. The summed E-state index contributed by atoms with van der Waals surface area (Å²) < 4.78 is 6.65. The Kier molecular flexibility index (Phi) is 4.06. The van der Waals surface area contributed by atoms with Crippen molar-refractivity contribution in [2.45, 2.75) is 39.3 Å². The first-order valence-electron chi connectivity index (χ1n) is 8.72. The molecule has 1 unspecified atom stereocenters. The van der Waals surface area contributed by atoms with Crippen LogP contribution in [0, 0.1) is 13.8 Å². The summed E-state index contributed by atoms with van der Waals surface area (Å²) in [4.78, 5) is 31.7. The molecule has 0 radical (unpaired) electrons. The maximum atomic E-state index is 12.9. The molecule has 1 saturated heterocycles. The normalized spacial score (nSPS) is 17.2. The molecule has 1 aromatic carbocycles. The minimum Gasteiger partial charge on any atom is -0.361 e. The van der Waals surface area contributed by atoms with Crippen molar-refractivity contribution in [3.8, 4) is 0 Å². The third kappa shape index (κ3) is 2.69. The molecular weight excluding hydrogens is 332 g/mol. The molecule has 7 nitrogen and oxygen atoms in total. The van der Waals surface area contributed by atoms with E-state index < -0.39 is 0 Å². The van der Waals surface area contributed by atoms with Gasteiger partial charge in [-0.15, -0.1) is 0 Å². The van der Waals surface area contributed by atoms with E-state index in [-0.39, 0.29) is 24.1 Å². The largest absolute Gasteiger partial charge is 0.361 e. The first-order chi connectivity index (χ1) is 12.6. The Balaban J connectivity index is 1.62. The van der Waals surface area contributed by atoms with E-state index in [1.807, 2.05) is 24.8 Å². The molecule has 1 atom stereocenters. The number of amides is 1. The van der Waals surface area contributed by atoms with Gasteiger partial charge < -0.3 is 9.42 Å². The number of fused-ring (bicyclic) bond motifs is 1. The highest BCUT2D eigenvalue weighted by Crippen LogP contribution is 2.35. The number of aryl methyl sites for hydroxylation is 2. The zero-order valence-electron chi connectivity index (χ0n) is 14.8. The fourth-order valence-electron chi connectivity index (χ4n) is 3.79. The molecule has 4 rings (SSSR count). The van der Waals surface area contributed by atoms with Crippen LogP contribution < -0.4 is 5.56 Å². The SMILES string of the molecule is Cc1noc(C)c1C1CCCN1C(=O)Cn1cnc2ccccc2c1=O. The number of nitrogens with zero attached hydrogens (tertiary/aromatic N) is 4. The second kappa shape index (κ2) is 6.40. The molecular formula is C19H20N4O3. The van der Waals surface area contributed by atoms with Crippen molar-refractivity contribution in [3.63, 3.8) is 0 Å². The zero-order chi connectivity index (χ0) is 18.3. The number of aromatic nitrogens is 3. The lowest BCUT2D eigenvalue weighted by Crippen LogP contribution is -2.36. The minimum atomic E-state index is -0.197. The van der Waals surface area contributed by atoms with Crippen molar-refractivity contribution in [2.75, 3.05) is 6.54 Å². The van der Waals surface area contributed by atoms with Gasteiger partial charge in [0.05, 0.1) is 29.0 Å². The van der Waals surface area contributed by atoms with Crippen LogP contribution in [0.25, 0.3) is 10.9 Å². The fourth-order valence-corrected chi connectivity index (χ4v) is 3.79. The van der Waals surface area contributed by atoms with Crippen LogP contribution in [-0.2, 0) is 11.3 Å². The predicted molar refractivity (Wildman–Crippen MR) is 95.7 cm³/mol. The first kappa shape index (κ1) is 16.5. The van der Waals surface area contributed by atoms with Gasteiger partial charge in [-0.05, 0) is 38.8 Å². The molecule has 1 aliphatic rings. The van der Waals surface area contributed by atoms with Crippen LogP contribution in [0.3, 0.4) is 0 Å². The van der Waals surface area contributed by atoms with E-state index in [0.29, 0.717) is 17.4 Å². The van der Waals surface area contributed by atoms with Gasteiger partial charge in [0.1, 0.15) is 12.3 Å². The maximum Gasteiger partial charge on any atom is 0.261 e. The third-order valence-corrected chi connectivity index (χ3v) is 5.03. The van der Waals surface area contributed by atoms with Gasteiger partial charge in [0.15, 0.2) is 0 Å². The van der Waals surface area contributed by atoms with Crippen LogP contribution >= 0.6 is 0 Å². The minimum absolute atomic E-state index is 0.0173.